The van der Waals surface area contributed by atoms with Crippen molar-refractivity contribution in [2.45, 2.75) is 0 Å². The molecular formula is C20H11N5O3. The van der Waals surface area contributed by atoms with Gasteiger partial charge < -0.3 is 5.32 Å². The van der Waals surface area contributed by atoms with Crippen molar-refractivity contribution >= 4 is 50.0 Å². The lowest BCUT2D eigenvalue weighted by atomic mass is 10.0. The first kappa shape index (κ1) is 16.0. The van der Waals surface area contributed by atoms with Gasteiger partial charge in [-0.3, -0.25) is 14.9 Å². The lowest BCUT2D eigenvalue weighted by Crippen LogP contribution is -2.15. The summed E-state index contributed by atoms with van der Waals surface area (Å²) in [6.07, 6.45) is 3.17. The van der Waals surface area contributed by atoms with Crippen LogP contribution in [-0.4, -0.2) is 25.8 Å². The molecule has 8 heteroatoms. The molecule has 0 saturated carbocycles. The van der Waals surface area contributed by atoms with Gasteiger partial charge in [-0.25, -0.2) is 15.0 Å². The number of hydrogen-bond acceptors (Lipinski definition) is 6. The van der Waals surface area contributed by atoms with Crippen LogP contribution >= 0.6 is 0 Å². The van der Waals surface area contributed by atoms with Crippen LogP contribution in [0, 0.1) is 10.1 Å². The Morgan fingerprint density at radius 2 is 1.68 bits per heavy atom. The van der Waals surface area contributed by atoms with Crippen molar-refractivity contribution in [3.05, 3.63) is 76.7 Å². The molecule has 0 saturated heterocycles. The van der Waals surface area contributed by atoms with Crippen LogP contribution in [0.3, 0.4) is 0 Å². The number of nitrogens with one attached hydrogen (secondary N) is 1. The second-order valence-electron chi connectivity index (χ2n) is 6.27. The monoisotopic (exact) mass is 369 g/mol. The van der Waals surface area contributed by atoms with E-state index in [-0.39, 0.29) is 11.3 Å². The summed E-state index contributed by atoms with van der Waals surface area (Å²) in [6.45, 7) is 0. The van der Waals surface area contributed by atoms with E-state index in [0.717, 1.165) is 32.6 Å². The van der Waals surface area contributed by atoms with E-state index in [0.29, 0.717) is 5.82 Å². The van der Waals surface area contributed by atoms with E-state index >= 15 is 0 Å². The maximum atomic E-state index is 12.7. The highest BCUT2D eigenvalue weighted by Gasteiger charge is 2.21. The Bertz CT molecular complexity index is 1380. The van der Waals surface area contributed by atoms with E-state index in [1.165, 1.54) is 24.5 Å². The van der Waals surface area contributed by atoms with E-state index < -0.39 is 10.8 Å². The number of hydrogen-bond donors (Lipinski definition) is 1. The zero-order chi connectivity index (χ0) is 19.3. The normalized spacial score (nSPS) is 11.3. The van der Waals surface area contributed by atoms with Gasteiger partial charge in [0.25, 0.3) is 11.6 Å². The van der Waals surface area contributed by atoms with Crippen LogP contribution in [0.5, 0.6) is 0 Å². The van der Waals surface area contributed by atoms with E-state index in [4.69, 9.17) is 0 Å². The predicted octanol–water partition coefficient (Wildman–Crippen LogP) is 3.93. The Morgan fingerprint density at radius 1 is 0.929 bits per heavy atom. The van der Waals surface area contributed by atoms with Crippen molar-refractivity contribution in [1.82, 2.24) is 15.0 Å². The number of carbonyl (C=O) groups excluding carboxylic acids is 1. The molecule has 8 nitrogen and oxygen atoms in total. The van der Waals surface area contributed by atoms with Gasteiger partial charge in [0, 0.05) is 33.8 Å². The Morgan fingerprint density at radius 3 is 2.46 bits per heavy atom. The average Bonchev–Trinajstić information content (AvgIpc) is 2.73. The van der Waals surface area contributed by atoms with E-state index in [9.17, 15) is 14.9 Å². The molecule has 0 atom stereocenters. The molecule has 2 aromatic heterocycles. The summed E-state index contributed by atoms with van der Waals surface area (Å²) in [7, 11) is 0. The van der Waals surface area contributed by atoms with Crippen LogP contribution in [0.4, 0.5) is 11.5 Å². The van der Waals surface area contributed by atoms with Crippen molar-refractivity contribution in [1.29, 1.82) is 0 Å². The van der Waals surface area contributed by atoms with Crippen molar-refractivity contribution < 1.29 is 9.72 Å². The quantitative estimate of drug-likeness (QED) is 0.293. The Balaban J connectivity index is 1.68. The molecule has 0 spiro atoms. The minimum Gasteiger partial charge on any atom is -0.306 e. The number of aromatic nitrogens is 3. The molecule has 2 heterocycles. The molecule has 5 rings (SSSR count). The third-order valence-electron chi connectivity index (χ3n) is 4.71. The largest absolute Gasteiger partial charge is 0.306 e. The number of pyridine rings is 1. The van der Waals surface area contributed by atoms with Gasteiger partial charge in [-0.05, 0) is 24.3 Å². The summed E-state index contributed by atoms with van der Waals surface area (Å²) in [5.41, 5.74) is 1.31. The lowest BCUT2D eigenvalue weighted by Gasteiger charge is -2.12. The first-order valence-electron chi connectivity index (χ1n) is 8.43. The molecule has 28 heavy (non-hydrogen) atoms. The highest BCUT2D eigenvalue weighted by molar-refractivity contribution is 6.24. The Kier molecular flexibility index (Phi) is 3.38. The summed E-state index contributed by atoms with van der Waals surface area (Å²) < 4.78 is 0. The highest BCUT2D eigenvalue weighted by atomic mass is 16.6. The fourth-order valence-electron chi connectivity index (χ4n) is 3.46. The molecule has 3 aromatic carbocycles. The smallest absolute Gasteiger partial charge is 0.282 e. The molecule has 0 aliphatic heterocycles. The average molecular weight is 369 g/mol. The van der Waals surface area contributed by atoms with Gasteiger partial charge in [0.2, 0.25) is 0 Å². The number of anilines is 1. The standard InChI is InChI=1S/C20H11N5O3/c26-20(12-3-1-2-4-16(12)25(27)28)24-19-13-6-8-15-18-14(22-10-23-15)7-5-11(9-21-19)17(13)18/h1-10H,(H,21,24,26). The molecule has 134 valence electrons. The van der Waals surface area contributed by atoms with E-state index in [1.54, 1.807) is 12.3 Å². The van der Waals surface area contributed by atoms with Crippen LogP contribution in [0.2, 0.25) is 0 Å². The first-order chi connectivity index (χ1) is 13.6. The van der Waals surface area contributed by atoms with Gasteiger partial charge in [-0.1, -0.05) is 18.2 Å². The summed E-state index contributed by atoms with van der Waals surface area (Å²) in [4.78, 5) is 36.3. The van der Waals surface area contributed by atoms with Crippen molar-refractivity contribution in [2.24, 2.45) is 0 Å². The van der Waals surface area contributed by atoms with Gasteiger partial charge in [0.1, 0.15) is 17.7 Å². The fraction of sp³-hybridized carbons (Fsp3) is 0. The zero-order valence-electron chi connectivity index (χ0n) is 14.3. The number of amides is 1. The van der Waals surface area contributed by atoms with Crippen molar-refractivity contribution in [3.8, 4) is 0 Å². The molecular weight excluding hydrogens is 358 g/mol. The third-order valence-corrected chi connectivity index (χ3v) is 4.71. The minimum atomic E-state index is -0.592. The number of nitro benzene ring substituents is 1. The molecule has 0 aliphatic carbocycles. The Labute approximate surface area is 157 Å². The lowest BCUT2D eigenvalue weighted by molar-refractivity contribution is -0.385. The summed E-state index contributed by atoms with van der Waals surface area (Å²) in [5.74, 6) is -0.264. The first-order valence-corrected chi connectivity index (χ1v) is 8.43. The highest BCUT2D eigenvalue weighted by Crippen LogP contribution is 2.35. The van der Waals surface area contributed by atoms with Gasteiger partial charge in [0.05, 0.1) is 16.0 Å². The van der Waals surface area contributed by atoms with Crippen LogP contribution in [0.1, 0.15) is 10.4 Å². The summed E-state index contributed by atoms with van der Waals surface area (Å²) >= 11 is 0. The third kappa shape index (κ3) is 2.32. The van der Waals surface area contributed by atoms with Crippen LogP contribution in [0.25, 0.3) is 32.6 Å². The van der Waals surface area contributed by atoms with Gasteiger partial charge in [0.15, 0.2) is 0 Å². The number of nitro groups is 1. The molecule has 0 radical (unpaired) electrons. The second kappa shape index (κ2) is 5.92. The van der Waals surface area contributed by atoms with E-state index in [1.807, 2.05) is 24.3 Å². The Hall–Kier alpha value is -4.20. The fourth-order valence-corrected chi connectivity index (χ4v) is 3.46. The number of benzene rings is 3. The van der Waals surface area contributed by atoms with Crippen LogP contribution in [0.15, 0.2) is 61.1 Å². The van der Waals surface area contributed by atoms with Crippen molar-refractivity contribution in [2.75, 3.05) is 5.32 Å². The number of nitrogens with zero attached hydrogens (tertiary/aromatic N) is 4. The maximum Gasteiger partial charge on any atom is 0.282 e. The topological polar surface area (TPSA) is 111 Å². The zero-order valence-corrected chi connectivity index (χ0v) is 14.3. The summed E-state index contributed by atoms with van der Waals surface area (Å²) in [6, 6.07) is 13.3. The van der Waals surface area contributed by atoms with Gasteiger partial charge in [-0.15, -0.1) is 0 Å². The maximum absolute atomic E-state index is 12.7. The minimum absolute atomic E-state index is 0.0247. The number of para-hydroxylation sites is 1. The molecule has 0 bridgehead atoms. The van der Waals surface area contributed by atoms with Crippen LogP contribution in [-0.2, 0) is 0 Å². The summed E-state index contributed by atoms with van der Waals surface area (Å²) in [5, 5.41) is 17.3. The second-order valence-corrected chi connectivity index (χ2v) is 6.27. The number of carbonyl (C=O) groups is 1. The molecule has 0 fully saturated rings. The molecule has 1 amide bonds. The predicted molar refractivity (Wildman–Crippen MR) is 105 cm³/mol. The van der Waals surface area contributed by atoms with Crippen molar-refractivity contribution in [3.63, 3.8) is 0 Å². The molecule has 0 unspecified atom stereocenters. The molecule has 0 aliphatic rings. The van der Waals surface area contributed by atoms with E-state index in [2.05, 4.69) is 20.3 Å². The molecule has 5 aromatic rings. The molecule has 1 N–H and O–H groups in total. The SMILES string of the molecule is O=C(Nc1ncc2ccc3ncnc4ccc1c2c34)c1ccccc1[N+](=O)[O-]. The number of rotatable bonds is 3. The van der Waals surface area contributed by atoms with Crippen LogP contribution < -0.4 is 5.32 Å². The van der Waals surface area contributed by atoms with Gasteiger partial charge >= 0.3 is 0 Å². The van der Waals surface area contributed by atoms with Gasteiger partial charge in [-0.2, -0.15) is 0 Å².